The van der Waals surface area contributed by atoms with Crippen molar-refractivity contribution >= 4 is 5.91 Å². The number of hydrogen-bond donors (Lipinski definition) is 1. The molecule has 0 aromatic heterocycles. The van der Waals surface area contributed by atoms with Gasteiger partial charge in [0.1, 0.15) is 0 Å². The molecule has 0 unspecified atom stereocenters. The lowest BCUT2D eigenvalue weighted by atomic mass is 10.1. The number of benzene rings is 1. The Hall–Kier alpha value is -1.39. The van der Waals surface area contributed by atoms with Crippen molar-refractivity contribution in [3.63, 3.8) is 0 Å². The van der Waals surface area contributed by atoms with Crippen molar-refractivity contribution in [2.75, 3.05) is 26.2 Å². The van der Waals surface area contributed by atoms with E-state index in [0.717, 1.165) is 31.6 Å². The molecule has 2 heterocycles. The van der Waals surface area contributed by atoms with Gasteiger partial charge in [-0.3, -0.25) is 9.69 Å². The molecule has 4 nitrogen and oxygen atoms in total. The molecule has 2 saturated heterocycles. The Morgan fingerprint density at radius 3 is 2.71 bits per heavy atom. The van der Waals surface area contributed by atoms with Crippen LogP contribution in [0.3, 0.4) is 0 Å². The van der Waals surface area contributed by atoms with E-state index in [1.807, 2.05) is 18.2 Å². The number of nitrogens with one attached hydrogen (secondary N) is 1. The first-order valence-electron chi connectivity index (χ1n) is 9.52. The van der Waals surface area contributed by atoms with E-state index in [0.29, 0.717) is 6.54 Å². The molecule has 2 aliphatic heterocycles. The molecule has 0 aliphatic carbocycles. The van der Waals surface area contributed by atoms with Crippen LogP contribution in [0.5, 0.6) is 0 Å². The highest BCUT2D eigenvalue weighted by molar-refractivity contribution is 5.94. The summed E-state index contributed by atoms with van der Waals surface area (Å²) >= 11 is 0. The lowest BCUT2D eigenvalue weighted by Crippen LogP contribution is -2.35. The molecule has 132 valence electrons. The van der Waals surface area contributed by atoms with Crippen molar-refractivity contribution in [2.24, 2.45) is 0 Å². The molecule has 0 radical (unpaired) electrons. The smallest absolute Gasteiger partial charge is 0.251 e. The molecule has 2 fully saturated rings. The lowest BCUT2D eigenvalue weighted by molar-refractivity contribution is 0.0169. The zero-order valence-corrected chi connectivity index (χ0v) is 14.6. The zero-order valence-electron chi connectivity index (χ0n) is 14.6. The highest BCUT2D eigenvalue weighted by Crippen LogP contribution is 2.15. The summed E-state index contributed by atoms with van der Waals surface area (Å²) in [4.78, 5) is 14.9. The maximum absolute atomic E-state index is 12.4. The third-order valence-electron chi connectivity index (χ3n) is 5.06. The van der Waals surface area contributed by atoms with Gasteiger partial charge in [0.05, 0.1) is 6.10 Å². The standard InChI is InChI=1S/C20H30N2O2/c23-20(21-15-19-10-3-6-13-24-19)18-9-7-8-17(14-18)16-22-11-4-1-2-5-12-22/h7-9,14,19H,1-6,10-13,15-16H2,(H,21,23)/t19-/m1/s1. The number of ether oxygens (including phenoxy) is 1. The van der Waals surface area contributed by atoms with E-state index in [-0.39, 0.29) is 12.0 Å². The van der Waals surface area contributed by atoms with Crippen molar-refractivity contribution in [3.8, 4) is 0 Å². The first kappa shape index (κ1) is 17.4. The van der Waals surface area contributed by atoms with Crippen LogP contribution in [0.15, 0.2) is 24.3 Å². The normalized spacial score (nSPS) is 22.8. The van der Waals surface area contributed by atoms with Gasteiger partial charge in [0.25, 0.3) is 5.91 Å². The number of carbonyl (C=O) groups is 1. The quantitative estimate of drug-likeness (QED) is 0.900. The Labute approximate surface area is 145 Å². The summed E-state index contributed by atoms with van der Waals surface area (Å²) in [5.41, 5.74) is 2.00. The Morgan fingerprint density at radius 1 is 1.12 bits per heavy atom. The molecule has 1 N–H and O–H groups in total. The van der Waals surface area contributed by atoms with Gasteiger partial charge in [-0.25, -0.2) is 0 Å². The lowest BCUT2D eigenvalue weighted by Gasteiger charge is -2.23. The van der Waals surface area contributed by atoms with Crippen LogP contribution >= 0.6 is 0 Å². The Balaban J connectivity index is 1.52. The van der Waals surface area contributed by atoms with E-state index in [9.17, 15) is 4.79 Å². The maximum Gasteiger partial charge on any atom is 0.251 e. The van der Waals surface area contributed by atoms with E-state index >= 15 is 0 Å². The third kappa shape index (κ3) is 5.32. The summed E-state index contributed by atoms with van der Waals surface area (Å²) in [6, 6.07) is 8.08. The Kier molecular flexibility index (Phi) is 6.67. The summed E-state index contributed by atoms with van der Waals surface area (Å²) in [5, 5.41) is 3.03. The minimum atomic E-state index is 0.0156. The molecule has 1 atom stereocenters. The van der Waals surface area contributed by atoms with Crippen LogP contribution in [-0.4, -0.2) is 43.2 Å². The van der Waals surface area contributed by atoms with Gasteiger partial charge >= 0.3 is 0 Å². The second-order valence-electron chi connectivity index (χ2n) is 7.09. The Bertz CT molecular complexity index is 518. The van der Waals surface area contributed by atoms with Crippen LogP contribution in [-0.2, 0) is 11.3 Å². The number of nitrogens with zero attached hydrogens (tertiary/aromatic N) is 1. The maximum atomic E-state index is 12.4. The largest absolute Gasteiger partial charge is 0.376 e. The zero-order chi connectivity index (χ0) is 16.6. The number of hydrogen-bond acceptors (Lipinski definition) is 3. The van der Waals surface area contributed by atoms with Crippen molar-refractivity contribution in [2.45, 2.75) is 57.6 Å². The van der Waals surface area contributed by atoms with Gasteiger partial charge < -0.3 is 10.1 Å². The fraction of sp³-hybridized carbons (Fsp3) is 0.650. The first-order chi connectivity index (χ1) is 11.8. The Morgan fingerprint density at radius 2 is 1.96 bits per heavy atom. The van der Waals surface area contributed by atoms with Crippen LogP contribution in [0.2, 0.25) is 0 Å². The molecule has 3 rings (SSSR count). The van der Waals surface area contributed by atoms with Gasteiger partial charge in [-0.2, -0.15) is 0 Å². The number of carbonyl (C=O) groups excluding carboxylic acids is 1. The molecule has 4 heteroatoms. The second kappa shape index (κ2) is 9.19. The summed E-state index contributed by atoms with van der Waals surface area (Å²) in [5.74, 6) is 0.0156. The molecule has 1 amide bonds. The first-order valence-corrected chi connectivity index (χ1v) is 9.52. The van der Waals surface area contributed by atoms with Crippen LogP contribution in [0.4, 0.5) is 0 Å². The van der Waals surface area contributed by atoms with Gasteiger partial charge in [-0.05, 0) is 62.9 Å². The van der Waals surface area contributed by atoms with E-state index in [2.05, 4.69) is 16.3 Å². The minimum Gasteiger partial charge on any atom is -0.376 e. The SMILES string of the molecule is O=C(NC[C@H]1CCCCO1)c1cccc(CN2CCCCCC2)c1. The highest BCUT2D eigenvalue weighted by atomic mass is 16.5. The fourth-order valence-corrected chi connectivity index (χ4v) is 3.64. The van der Waals surface area contributed by atoms with Gasteiger partial charge in [-0.1, -0.05) is 25.0 Å². The fourth-order valence-electron chi connectivity index (χ4n) is 3.64. The number of likely N-dealkylation sites (tertiary alicyclic amines) is 1. The summed E-state index contributed by atoms with van der Waals surface area (Å²) in [6.45, 7) is 4.75. The van der Waals surface area contributed by atoms with Crippen LogP contribution in [0, 0.1) is 0 Å². The topological polar surface area (TPSA) is 41.6 Å². The predicted molar refractivity (Wildman–Crippen MR) is 96.1 cm³/mol. The van der Waals surface area contributed by atoms with Crippen molar-refractivity contribution in [3.05, 3.63) is 35.4 Å². The van der Waals surface area contributed by atoms with Gasteiger partial charge in [-0.15, -0.1) is 0 Å². The van der Waals surface area contributed by atoms with Crippen molar-refractivity contribution in [1.82, 2.24) is 10.2 Å². The van der Waals surface area contributed by atoms with E-state index in [1.54, 1.807) is 0 Å². The molecular formula is C20H30N2O2. The van der Waals surface area contributed by atoms with E-state index < -0.39 is 0 Å². The third-order valence-corrected chi connectivity index (χ3v) is 5.06. The molecule has 24 heavy (non-hydrogen) atoms. The number of amides is 1. The molecular weight excluding hydrogens is 300 g/mol. The average molecular weight is 330 g/mol. The summed E-state index contributed by atoms with van der Waals surface area (Å²) < 4.78 is 5.68. The van der Waals surface area contributed by atoms with Crippen LogP contribution in [0.25, 0.3) is 0 Å². The number of rotatable bonds is 5. The predicted octanol–water partition coefficient (Wildman–Crippen LogP) is 3.36. The van der Waals surface area contributed by atoms with Crippen molar-refractivity contribution in [1.29, 1.82) is 0 Å². The summed E-state index contributed by atoms with van der Waals surface area (Å²) in [7, 11) is 0. The second-order valence-corrected chi connectivity index (χ2v) is 7.09. The monoisotopic (exact) mass is 330 g/mol. The van der Waals surface area contributed by atoms with E-state index in [4.69, 9.17) is 4.74 Å². The molecule has 0 saturated carbocycles. The molecule has 1 aromatic carbocycles. The van der Waals surface area contributed by atoms with Gasteiger partial charge in [0, 0.05) is 25.3 Å². The van der Waals surface area contributed by atoms with Gasteiger partial charge in [0.15, 0.2) is 0 Å². The average Bonchev–Trinajstić information content (AvgIpc) is 2.89. The summed E-state index contributed by atoms with van der Waals surface area (Å²) in [6.07, 6.45) is 8.86. The molecule has 0 spiro atoms. The van der Waals surface area contributed by atoms with Crippen LogP contribution < -0.4 is 5.32 Å². The van der Waals surface area contributed by atoms with Crippen molar-refractivity contribution < 1.29 is 9.53 Å². The van der Waals surface area contributed by atoms with Gasteiger partial charge in [0.2, 0.25) is 0 Å². The molecule has 2 aliphatic rings. The van der Waals surface area contributed by atoms with E-state index in [1.165, 1.54) is 50.8 Å². The molecule has 0 bridgehead atoms. The molecule has 1 aromatic rings. The van der Waals surface area contributed by atoms with Crippen LogP contribution in [0.1, 0.15) is 60.9 Å². The highest BCUT2D eigenvalue weighted by Gasteiger charge is 2.16. The minimum absolute atomic E-state index is 0.0156.